The van der Waals surface area contributed by atoms with Crippen LogP contribution < -0.4 is 33.9 Å². The standard InChI is InChI=1S/C26H23N3O12S4/c1-13(24-27(6-3-7-45(36,37)38)14-8-16-17(40-12-39-16)9-15(14)41-24)4-2-5-18-22(34)28(10-19(30)31)25(43-18)21-23(35)29(11-20(32)33)26(42)44-21/h2,4-5,8-9H,3,6-7,10-12H2,1H3,(H,30,31)(H,32,33)(H,36,37,38)/b4-2?,18-5?,24-13?,25-21+. The van der Waals surface area contributed by atoms with Crippen molar-refractivity contribution in [1.82, 2.24) is 9.47 Å². The van der Waals surface area contributed by atoms with Gasteiger partial charge in [-0.05, 0) is 19.4 Å². The maximum absolute atomic E-state index is 13.2. The number of aliphatic carboxylic acids is 2. The molecule has 1 saturated heterocycles. The normalized spacial score (nSPS) is 18.7. The van der Waals surface area contributed by atoms with Crippen LogP contribution in [0.2, 0.25) is 0 Å². The monoisotopic (exact) mass is 697 g/mol. The molecule has 45 heavy (non-hydrogen) atoms. The number of carboxylic acids is 2. The molecule has 0 saturated carbocycles. The highest BCUT2D eigenvalue weighted by molar-refractivity contribution is 8.30. The van der Waals surface area contributed by atoms with E-state index in [0.29, 0.717) is 34.4 Å². The number of fused-ring (bicyclic) bond motifs is 2. The molecule has 0 spiro atoms. The number of ether oxygens (including phenoxy) is 3. The van der Waals surface area contributed by atoms with Crippen molar-refractivity contribution in [3.63, 3.8) is 0 Å². The van der Waals surface area contributed by atoms with Gasteiger partial charge >= 0.3 is 11.9 Å². The van der Waals surface area contributed by atoms with Gasteiger partial charge in [0.15, 0.2) is 17.2 Å². The largest absolute Gasteiger partial charge is 0.480 e. The van der Waals surface area contributed by atoms with E-state index in [1.165, 1.54) is 12.2 Å². The second-order valence-corrected chi connectivity index (χ2v) is 13.9. The number of thiazole rings is 1. The van der Waals surface area contributed by atoms with E-state index in [4.69, 9.17) is 31.5 Å². The molecule has 2 aromatic rings. The summed E-state index contributed by atoms with van der Waals surface area (Å²) in [4.78, 5) is 51.4. The van der Waals surface area contributed by atoms with Crippen molar-refractivity contribution >= 4 is 84.3 Å². The van der Waals surface area contributed by atoms with Crippen LogP contribution in [0, 0.1) is 0 Å². The van der Waals surface area contributed by atoms with E-state index in [-0.39, 0.29) is 38.2 Å². The molecule has 1 amide bonds. The lowest BCUT2D eigenvalue weighted by Crippen LogP contribution is -2.36. The summed E-state index contributed by atoms with van der Waals surface area (Å²) in [6, 6.07) is 3.34. The summed E-state index contributed by atoms with van der Waals surface area (Å²) in [5.41, 5.74) is 0.470. The molecular formula is C26H23N3O12S4. The van der Waals surface area contributed by atoms with Gasteiger partial charge in [-0.25, -0.2) is 0 Å². The average Bonchev–Trinajstić information content (AvgIpc) is 3.69. The Morgan fingerprint density at radius 3 is 2.42 bits per heavy atom. The first-order valence-electron chi connectivity index (χ1n) is 12.9. The van der Waals surface area contributed by atoms with Crippen LogP contribution in [0.1, 0.15) is 13.3 Å². The number of thioether (sulfide) groups is 1. The molecule has 0 unspecified atom stereocenters. The third kappa shape index (κ3) is 6.91. The van der Waals surface area contributed by atoms with E-state index in [9.17, 15) is 37.3 Å². The predicted octanol–water partition coefficient (Wildman–Crippen LogP) is 0.521. The third-order valence-electron chi connectivity index (χ3n) is 6.45. The Labute approximate surface area is 267 Å². The minimum absolute atomic E-state index is 0.0273. The van der Waals surface area contributed by atoms with Crippen molar-refractivity contribution in [2.45, 2.75) is 19.9 Å². The molecule has 0 radical (unpaired) electrons. The molecule has 19 heteroatoms. The van der Waals surface area contributed by atoms with E-state index in [0.717, 1.165) is 32.6 Å². The number of benzene rings is 1. The molecule has 238 valence electrons. The van der Waals surface area contributed by atoms with Crippen molar-refractivity contribution < 1.29 is 51.8 Å². The number of carbonyl (C=O) groups excluding carboxylic acids is 1. The topological polar surface area (TPSA) is 202 Å². The molecule has 15 nitrogen and oxygen atoms in total. The molecule has 0 aliphatic carbocycles. The summed E-state index contributed by atoms with van der Waals surface area (Å²) < 4.78 is 49.8. The van der Waals surface area contributed by atoms with E-state index < -0.39 is 52.4 Å². The summed E-state index contributed by atoms with van der Waals surface area (Å²) >= 11 is 6.76. The minimum atomic E-state index is -4.19. The number of allylic oxidation sites excluding steroid dienone is 3. The number of carbonyl (C=O) groups is 3. The van der Waals surface area contributed by atoms with Gasteiger partial charge in [0, 0.05) is 24.3 Å². The van der Waals surface area contributed by atoms with Gasteiger partial charge in [-0.3, -0.25) is 33.2 Å². The fraction of sp³-hybridized carbons (Fsp3) is 0.269. The first kappa shape index (κ1) is 32.2. The molecule has 5 rings (SSSR count). The lowest BCUT2D eigenvalue weighted by molar-refractivity contribution is -0.140. The number of hydrogen-bond donors (Lipinski definition) is 3. The fourth-order valence-electron chi connectivity index (χ4n) is 4.53. The fourth-order valence-corrected chi connectivity index (χ4v) is 7.48. The Morgan fingerprint density at radius 1 is 1.07 bits per heavy atom. The molecule has 0 bridgehead atoms. The minimum Gasteiger partial charge on any atom is -0.480 e. The number of aromatic nitrogens is 1. The quantitative estimate of drug-likeness (QED) is 0.229. The van der Waals surface area contributed by atoms with Crippen molar-refractivity contribution in [2.24, 2.45) is 0 Å². The van der Waals surface area contributed by atoms with Gasteiger partial charge < -0.3 is 29.3 Å². The molecule has 4 heterocycles. The van der Waals surface area contributed by atoms with Gasteiger partial charge in [0.25, 0.3) is 21.6 Å². The van der Waals surface area contributed by atoms with E-state index >= 15 is 0 Å². The van der Waals surface area contributed by atoms with Crippen LogP contribution in [0.3, 0.4) is 0 Å². The number of thiocarbonyl (C=S) groups is 1. The van der Waals surface area contributed by atoms with Crippen molar-refractivity contribution in [2.75, 3.05) is 30.5 Å². The predicted molar refractivity (Wildman–Crippen MR) is 166 cm³/mol. The van der Waals surface area contributed by atoms with Gasteiger partial charge in [-0.1, -0.05) is 36.1 Å². The molecule has 3 N–H and O–H groups in total. The zero-order valence-electron chi connectivity index (χ0n) is 23.1. The van der Waals surface area contributed by atoms with Gasteiger partial charge in [-0.15, -0.1) is 11.3 Å². The molecule has 1 fully saturated rings. The summed E-state index contributed by atoms with van der Waals surface area (Å²) in [5.74, 6) is -2.09. The van der Waals surface area contributed by atoms with Crippen molar-refractivity contribution in [3.05, 3.63) is 55.3 Å². The van der Waals surface area contributed by atoms with Crippen molar-refractivity contribution in [3.8, 4) is 17.2 Å². The third-order valence-corrected chi connectivity index (χ3v) is 9.97. The lowest BCUT2D eigenvalue weighted by Gasteiger charge is -2.19. The highest BCUT2D eigenvalue weighted by atomic mass is 32.2. The Bertz CT molecular complexity index is 1990. The summed E-state index contributed by atoms with van der Waals surface area (Å²) in [6.07, 6.45) is 4.64. The molecule has 1 aromatic carbocycles. The smallest absolute Gasteiger partial charge is 0.323 e. The van der Waals surface area contributed by atoms with Gasteiger partial charge in [0.2, 0.25) is 12.7 Å². The number of rotatable bonds is 10. The lowest BCUT2D eigenvalue weighted by atomic mass is 10.2. The molecular weight excluding hydrogens is 675 g/mol. The summed E-state index contributed by atoms with van der Waals surface area (Å²) in [6.45, 7) is 0.498. The van der Waals surface area contributed by atoms with Crippen LogP contribution in [0.4, 0.5) is 5.69 Å². The van der Waals surface area contributed by atoms with E-state index in [1.54, 1.807) is 30.0 Å². The molecule has 3 aliphatic heterocycles. The first-order chi connectivity index (χ1) is 21.2. The summed E-state index contributed by atoms with van der Waals surface area (Å²) in [7, 11) is -4.19. The Kier molecular flexibility index (Phi) is 9.08. The number of amides is 1. The van der Waals surface area contributed by atoms with Crippen LogP contribution in [0.5, 0.6) is 17.2 Å². The highest BCUT2D eigenvalue weighted by Crippen LogP contribution is 2.48. The molecule has 1 aromatic heterocycles. The zero-order chi connectivity index (χ0) is 32.6. The molecule has 3 aliphatic rings. The van der Waals surface area contributed by atoms with Crippen LogP contribution in [0.15, 0.2) is 40.5 Å². The van der Waals surface area contributed by atoms with Crippen LogP contribution >= 0.6 is 35.3 Å². The second-order valence-electron chi connectivity index (χ2n) is 9.62. The number of anilines is 1. The Hall–Kier alpha value is -4.17. The van der Waals surface area contributed by atoms with Gasteiger partial charge in [0.1, 0.15) is 27.0 Å². The van der Waals surface area contributed by atoms with E-state index in [2.05, 4.69) is 0 Å². The summed E-state index contributed by atoms with van der Waals surface area (Å²) in [5, 5.41) is 18.5. The Morgan fingerprint density at radius 2 is 1.76 bits per heavy atom. The number of carboxylic acid groups (broad SMARTS) is 2. The Balaban J connectivity index is 1.51. The van der Waals surface area contributed by atoms with E-state index in [1.807, 2.05) is 0 Å². The number of hydrogen-bond acceptors (Lipinski definition) is 13. The first-order valence-corrected chi connectivity index (χ1v) is 16.5. The maximum atomic E-state index is 13.2. The van der Waals surface area contributed by atoms with Crippen LogP contribution in [-0.2, 0) is 31.0 Å². The number of nitrogens with zero attached hydrogens (tertiary/aromatic N) is 3. The van der Waals surface area contributed by atoms with Gasteiger partial charge in [-0.2, -0.15) is 8.42 Å². The zero-order valence-corrected chi connectivity index (χ0v) is 26.4. The maximum Gasteiger partial charge on any atom is 0.323 e. The van der Waals surface area contributed by atoms with Crippen LogP contribution in [0.25, 0.3) is 11.0 Å². The highest BCUT2D eigenvalue weighted by Gasteiger charge is 2.35. The molecule has 0 atom stereocenters. The van der Waals surface area contributed by atoms with Gasteiger partial charge in [0.05, 0.1) is 16.0 Å². The second kappa shape index (κ2) is 12.7. The SMILES string of the molecule is CC(C=CC=c1s/c(=C2/SC(=S)N(CC(=O)O)C2=O)n(CC(=O)O)c1=O)=C1Oc2cc3c(cc2N1CCCS(=O)(=O)O)OCO3. The van der Waals surface area contributed by atoms with Crippen molar-refractivity contribution in [1.29, 1.82) is 0 Å². The van der Waals surface area contributed by atoms with Crippen LogP contribution in [-0.4, -0.2) is 80.5 Å². The average molecular weight is 698 g/mol.